The number of oxazole rings is 1. The lowest BCUT2D eigenvalue weighted by Crippen LogP contribution is -2.20. The minimum absolute atomic E-state index is 0.0241. The highest BCUT2D eigenvalue weighted by molar-refractivity contribution is 6.04. The van der Waals surface area contributed by atoms with E-state index in [1.54, 1.807) is 23.6 Å². The first-order chi connectivity index (χ1) is 13.9. The van der Waals surface area contributed by atoms with E-state index in [2.05, 4.69) is 4.98 Å². The molecule has 0 spiro atoms. The van der Waals surface area contributed by atoms with Gasteiger partial charge in [0, 0.05) is 17.0 Å². The van der Waals surface area contributed by atoms with Crippen LogP contribution in [0.3, 0.4) is 0 Å². The molecule has 146 valence electrons. The SMILES string of the molecule is Cc1c(-c2cc(F)c(C(=O)O)cc2F)ccc2c3ocnc3c(=O)n(C3CC3)c12. The standard InChI is InChI=1S/C21H14F2N2O4/c1-9-11(13-6-16(23)14(21(27)28)7-15(13)22)4-5-12-18(9)25(10-2-3-10)20(26)17-19(12)29-8-24-17/h4-8,10H,2-3H2,1H3,(H,27,28). The summed E-state index contributed by atoms with van der Waals surface area (Å²) < 4.78 is 36.0. The molecule has 0 radical (unpaired) electrons. The number of nitrogens with zero attached hydrogens (tertiary/aromatic N) is 2. The summed E-state index contributed by atoms with van der Waals surface area (Å²) >= 11 is 0. The van der Waals surface area contributed by atoms with Crippen LogP contribution < -0.4 is 5.56 Å². The molecule has 1 aliphatic rings. The molecule has 0 amide bonds. The lowest BCUT2D eigenvalue weighted by atomic mass is 9.95. The number of pyridine rings is 1. The van der Waals surface area contributed by atoms with E-state index in [0.717, 1.165) is 18.9 Å². The zero-order valence-corrected chi connectivity index (χ0v) is 15.2. The highest BCUT2D eigenvalue weighted by Gasteiger charge is 2.30. The van der Waals surface area contributed by atoms with Gasteiger partial charge in [-0.25, -0.2) is 18.6 Å². The van der Waals surface area contributed by atoms with Gasteiger partial charge in [-0.3, -0.25) is 4.79 Å². The van der Waals surface area contributed by atoms with E-state index >= 15 is 0 Å². The van der Waals surface area contributed by atoms with Gasteiger partial charge in [-0.05, 0) is 49.1 Å². The molecule has 0 saturated heterocycles. The number of hydrogen-bond donors (Lipinski definition) is 1. The monoisotopic (exact) mass is 396 g/mol. The van der Waals surface area contributed by atoms with Gasteiger partial charge in [0.25, 0.3) is 5.56 Å². The van der Waals surface area contributed by atoms with Crippen molar-refractivity contribution in [1.82, 2.24) is 9.55 Å². The van der Waals surface area contributed by atoms with Crippen molar-refractivity contribution < 1.29 is 23.1 Å². The quantitative estimate of drug-likeness (QED) is 0.554. The largest absolute Gasteiger partial charge is 0.478 e. The molecule has 0 unspecified atom stereocenters. The lowest BCUT2D eigenvalue weighted by molar-refractivity contribution is 0.0691. The molecule has 2 aromatic heterocycles. The number of aromatic nitrogens is 2. The van der Waals surface area contributed by atoms with Crippen LogP contribution in [-0.2, 0) is 0 Å². The van der Waals surface area contributed by atoms with E-state index in [9.17, 15) is 18.4 Å². The average Bonchev–Trinajstić information content (AvgIpc) is 3.39. The van der Waals surface area contributed by atoms with Gasteiger partial charge < -0.3 is 14.1 Å². The van der Waals surface area contributed by atoms with Gasteiger partial charge in [0.05, 0.1) is 11.1 Å². The minimum atomic E-state index is -1.54. The van der Waals surface area contributed by atoms with E-state index in [4.69, 9.17) is 9.52 Å². The predicted molar refractivity (Wildman–Crippen MR) is 101 cm³/mol. The van der Waals surface area contributed by atoms with Gasteiger partial charge in [-0.1, -0.05) is 6.07 Å². The Kier molecular flexibility index (Phi) is 3.61. The minimum Gasteiger partial charge on any atom is -0.478 e. The van der Waals surface area contributed by atoms with Crippen molar-refractivity contribution in [1.29, 1.82) is 0 Å². The Morgan fingerprint density at radius 2 is 1.97 bits per heavy atom. The average molecular weight is 396 g/mol. The number of carboxylic acids is 1. The Hall–Kier alpha value is -3.55. The van der Waals surface area contributed by atoms with Gasteiger partial charge >= 0.3 is 5.97 Å². The van der Waals surface area contributed by atoms with Crippen molar-refractivity contribution >= 4 is 28.0 Å². The highest BCUT2D eigenvalue weighted by Crippen LogP contribution is 2.40. The summed E-state index contributed by atoms with van der Waals surface area (Å²) in [5.74, 6) is -3.43. The zero-order chi connectivity index (χ0) is 20.4. The van der Waals surface area contributed by atoms with Gasteiger partial charge in [0.15, 0.2) is 17.5 Å². The number of hydrogen-bond acceptors (Lipinski definition) is 4. The maximum Gasteiger partial charge on any atom is 0.338 e. The summed E-state index contributed by atoms with van der Waals surface area (Å²) in [5.41, 5.74) is 1.04. The van der Waals surface area contributed by atoms with Gasteiger partial charge in [-0.2, -0.15) is 0 Å². The summed E-state index contributed by atoms with van der Waals surface area (Å²) in [5, 5.41) is 9.66. The summed E-state index contributed by atoms with van der Waals surface area (Å²) in [6, 6.07) is 4.87. The van der Waals surface area contributed by atoms with Crippen LogP contribution in [0.2, 0.25) is 0 Å². The van der Waals surface area contributed by atoms with Crippen molar-refractivity contribution in [2.75, 3.05) is 0 Å². The molecule has 1 aliphatic carbocycles. The Morgan fingerprint density at radius 3 is 2.66 bits per heavy atom. The smallest absolute Gasteiger partial charge is 0.338 e. The number of fused-ring (bicyclic) bond motifs is 3. The second-order valence-electron chi connectivity index (χ2n) is 7.19. The molecule has 0 atom stereocenters. The van der Waals surface area contributed by atoms with E-state index in [1.165, 1.54) is 6.39 Å². The number of aryl methyl sites for hydroxylation is 1. The number of aromatic carboxylic acids is 1. The molecule has 6 nitrogen and oxygen atoms in total. The van der Waals surface area contributed by atoms with Crippen LogP contribution in [0, 0.1) is 18.6 Å². The fourth-order valence-corrected chi connectivity index (χ4v) is 3.89. The normalized spacial score (nSPS) is 14.0. The third-order valence-electron chi connectivity index (χ3n) is 5.39. The second-order valence-corrected chi connectivity index (χ2v) is 7.19. The molecule has 5 rings (SSSR count). The summed E-state index contributed by atoms with van der Waals surface area (Å²) in [7, 11) is 0. The predicted octanol–water partition coefficient (Wildman–Crippen LogP) is 4.43. The van der Waals surface area contributed by atoms with Crippen LogP contribution in [0.5, 0.6) is 0 Å². The number of benzene rings is 2. The second kappa shape index (κ2) is 5.97. The van der Waals surface area contributed by atoms with Crippen molar-refractivity contribution in [3.63, 3.8) is 0 Å². The molecular weight excluding hydrogens is 382 g/mol. The van der Waals surface area contributed by atoms with Crippen LogP contribution in [-0.4, -0.2) is 20.6 Å². The van der Waals surface area contributed by atoms with Crippen molar-refractivity contribution in [2.24, 2.45) is 0 Å². The number of carboxylic acid groups (broad SMARTS) is 1. The van der Waals surface area contributed by atoms with Crippen molar-refractivity contribution in [2.45, 2.75) is 25.8 Å². The fourth-order valence-electron chi connectivity index (χ4n) is 3.89. The Bertz CT molecular complexity index is 1400. The Morgan fingerprint density at radius 1 is 1.21 bits per heavy atom. The van der Waals surface area contributed by atoms with Crippen LogP contribution in [0.15, 0.2) is 39.9 Å². The molecular formula is C21H14F2N2O4. The van der Waals surface area contributed by atoms with Crippen molar-refractivity contribution in [3.8, 4) is 11.1 Å². The van der Waals surface area contributed by atoms with Crippen LogP contribution in [0.1, 0.15) is 34.8 Å². The Labute approximate surface area is 162 Å². The molecule has 29 heavy (non-hydrogen) atoms. The van der Waals surface area contributed by atoms with Gasteiger partial charge in [-0.15, -0.1) is 0 Å². The highest BCUT2D eigenvalue weighted by atomic mass is 19.1. The topological polar surface area (TPSA) is 85.3 Å². The first-order valence-electron chi connectivity index (χ1n) is 9.02. The molecule has 0 bridgehead atoms. The first kappa shape index (κ1) is 17.5. The van der Waals surface area contributed by atoms with Gasteiger partial charge in [0.1, 0.15) is 11.6 Å². The summed E-state index contributed by atoms with van der Waals surface area (Å²) in [6.07, 6.45) is 2.91. The van der Waals surface area contributed by atoms with E-state index in [-0.39, 0.29) is 22.7 Å². The molecule has 8 heteroatoms. The summed E-state index contributed by atoms with van der Waals surface area (Å²) in [4.78, 5) is 28.1. The first-order valence-corrected chi connectivity index (χ1v) is 9.02. The van der Waals surface area contributed by atoms with Crippen LogP contribution >= 0.6 is 0 Å². The van der Waals surface area contributed by atoms with Crippen LogP contribution in [0.25, 0.3) is 33.1 Å². The third-order valence-corrected chi connectivity index (χ3v) is 5.39. The molecule has 4 aromatic rings. The molecule has 2 heterocycles. The zero-order valence-electron chi connectivity index (χ0n) is 15.2. The molecule has 1 saturated carbocycles. The molecule has 2 aromatic carbocycles. The summed E-state index contributed by atoms with van der Waals surface area (Å²) in [6.45, 7) is 1.72. The maximum absolute atomic E-state index is 14.7. The Balaban J connectivity index is 1.86. The van der Waals surface area contributed by atoms with E-state index in [0.29, 0.717) is 33.7 Å². The maximum atomic E-state index is 14.7. The lowest BCUT2D eigenvalue weighted by Gasteiger charge is -2.16. The third kappa shape index (κ3) is 2.48. The van der Waals surface area contributed by atoms with Crippen LogP contribution in [0.4, 0.5) is 8.78 Å². The number of halogens is 2. The molecule has 1 fully saturated rings. The van der Waals surface area contributed by atoms with E-state index in [1.807, 2.05) is 0 Å². The van der Waals surface area contributed by atoms with Crippen molar-refractivity contribution in [3.05, 3.63) is 63.8 Å². The van der Waals surface area contributed by atoms with E-state index < -0.39 is 23.2 Å². The number of rotatable bonds is 3. The number of carbonyl (C=O) groups is 1. The fraction of sp³-hybridized carbons (Fsp3) is 0.190. The van der Waals surface area contributed by atoms with Gasteiger partial charge in [0.2, 0.25) is 0 Å². The molecule has 1 N–H and O–H groups in total. The molecule has 0 aliphatic heterocycles.